The number of nitrogens with one attached hydrogen (secondary N) is 1. The summed E-state index contributed by atoms with van der Waals surface area (Å²) in [6.07, 6.45) is -2.25. The molecule has 1 unspecified atom stereocenters. The third kappa shape index (κ3) is 1.69. The molecule has 1 N–H and O–H groups in total. The van der Waals surface area contributed by atoms with E-state index >= 15 is 0 Å². The van der Waals surface area contributed by atoms with E-state index in [1.54, 1.807) is 24.3 Å². The molecule has 2 rings (SSSR count). The van der Waals surface area contributed by atoms with Crippen LogP contribution in [0.5, 0.6) is 0 Å². The fraction of sp³-hybridized carbons (Fsp3) is 0.200. The molecule has 0 radical (unpaired) electrons. The van der Waals surface area contributed by atoms with Gasteiger partial charge in [0.05, 0.1) is 0 Å². The van der Waals surface area contributed by atoms with E-state index in [0.717, 1.165) is 6.08 Å². The number of benzene rings is 1. The first-order valence-electron chi connectivity index (χ1n) is 4.24. The van der Waals surface area contributed by atoms with Crippen molar-refractivity contribution in [3.63, 3.8) is 0 Å². The van der Waals surface area contributed by atoms with E-state index < -0.39 is 11.2 Å². The first-order valence-corrected chi connectivity index (χ1v) is 4.62. The number of para-hydroxylation sites is 1. The molecule has 1 atom stereocenters. The fourth-order valence-electron chi connectivity index (χ4n) is 1.36. The summed E-state index contributed by atoms with van der Waals surface area (Å²) in [5, 5.41) is 2.27. The van der Waals surface area contributed by atoms with Crippen LogP contribution in [-0.2, 0) is 0 Å². The Balaban J connectivity index is 2.42. The molecule has 1 heterocycles. The van der Waals surface area contributed by atoms with Crippen LogP contribution in [0.2, 0.25) is 0 Å². The number of anilines is 1. The van der Waals surface area contributed by atoms with Crippen molar-refractivity contribution in [2.24, 2.45) is 0 Å². The summed E-state index contributed by atoms with van der Waals surface area (Å²) in [4.78, 5) is -2.50. The molecular weight excluding hydrogens is 227 g/mol. The van der Waals surface area contributed by atoms with Crippen LogP contribution in [0.25, 0.3) is 6.08 Å². The van der Waals surface area contributed by atoms with E-state index in [1.807, 2.05) is 0 Å². The minimum atomic E-state index is -4.53. The predicted octanol–water partition coefficient (Wildman–Crippen LogP) is 3.62. The van der Waals surface area contributed by atoms with Crippen molar-refractivity contribution in [3.8, 4) is 0 Å². The summed E-state index contributed by atoms with van der Waals surface area (Å²) in [6.45, 7) is 0. The largest absolute Gasteiger partial charge is 0.429 e. The highest BCUT2D eigenvalue weighted by Gasteiger charge is 2.53. The van der Waals surface area contributed by atoms with E-state index in [4.69, 9.17) is 11.6 Å². The maximum atomic E-state index is 12.6. The average Bonchev–Trinajstić information content (AvgIpc) is 2.16. The molecule has 0 fully saturated rings. The first kappa shape index (κ1) is 10.4. The molecule has 1 aliphatic heterocycles. The van der Waals surface area contributed by atoms with Crippen LogP contribution >= 0.6 is 11.6 Å². The summed E-state index contributed by atoms with van der Waals surface area (Å²) < 4.78 is 37.7. The molecule has 1 aliphatic rings. The topological polar surface area (TPSA) is 12.0 Å². The lowest BCUT2D eigenvalue weighted by atomic mass is 10.1. The van der Waals surface area contributed by atoms with E-state index in [1.165, 1.54) is 6.08 Å². The maximum absolute atomic E-state index is 12.6. The van der Waals surface area contributed by atoms with Crippen molar-refractivity contribution >= 4 is 23.4 Å². The quantitative estimate of drug-likeness (QED) is 0.533. The van der Waals surface area contributed by atoms with Crippen LogP contribution in [0.3, 0.4) is 0 Å². The molecule has 1 aromatic carbocycles. The number of rotatable bonds is 0. The first-order chi connectivity index (χ1) is 6.92. The van der Waals surface area contributed by atoms with Crippen LogP contribution in [0.4, 0.5) is 18.9 Å². The molecule has 0 aromatic heterocycles. The van der Waals surface area contributed by atoms with Gasteiger partial charge in [0, 0.05) is 5.69 Å². The zero-order valence-electron chi connectivity index (χ0n) is 7.48. The highest BCUT2D eigenvalue weighted by Crippen LogP contribution is 2.41. The molecule has 1 aromatic rings. The third-order valence-electron chi connectivity index (χ3n) is 2.18. The Morgan fingerprint density at radius 1 is 1.20 bits per heavy atom. The van der Waals surface area contributed by atoms with E-state index in [9.17, 15) is 13.2 Å². The van der Waals surface area contributed by atoms with Gasteiger partial charge in [0.2, 0.25) is 5.00 Å². The lowest BCUT2D eigenvalue weighted by molar-refractivity contribution is -0.143. The summed E-state index contributed by atoms with van der Waals surface area (Å²) in [5.74, 6) is 0. The molecule has 0 saturated carbocycles. The van der Waals surface area contributed by atoms with Crippen molar-refractivity contribution in [1.82, 2.24) is 0 Å². The van der Waals surface area contributed by atoms with Crippen molar-refractivity contribution in [3.05, 3.63) is 35.9 Å². The summed E-state index contributed by atoms with van der Waals surface area (Å²) in [6, 6.07) is 6.67. The van der Waals surface area contributed by atoms with Gasteiger partial charge in [0.25, 0.3) is 0 Å². The second kappa shape index (κ2) is 3.17. The number of fused-ring (bicyclic) bond motifs is 1. The Bertz CT molecular complexity index is 413. The Kier molecular flexibility index (Phi) is 2.19. The van der Waals surface area contributed by atoms with Crippen molar-refractivity contribution < 1.29 is 13.2 Å². The molecule has 5 heteroatoms. The maximum Gasteiger partial charge on any atom is 0.429 e. The standard InChI is InChI=1S/C10H7ClF3N/c11-9(10(12,13)14)6-5-7-3-1-2-4-8(7)15-9/h1-6,15H. The highest BCUT2D eigenvalue weighted by molar-refractivity contribution is 6.27. The molecule has 0 aliphatic carbocycles. The SMILES string of the molecule is FC(F)(F)C1(Cl)C=Cc2ccccc2N1. The molecule has 0 spiro atoms. The lowest BCUT2D eigenvalue weighted by Crippen LogP contribution is -2.46. The van der Waals surface area contributed by atoms with Crippen LogP contribution in [-0.4, -0.2) is 11.2 Å². The molecule has 1 nitrogen and oxygen atoms in total. The van der Waals surface area contributed by atoms with Gasteiger partial charge in [-0.2, -0.15) is 13.2 Å². The lowest BCUT2D eigenvalue weighted by Gasteiger charge is -2.32. The van der Waals surface area contributed by atoms with Gasteiger partial charge < -0.3 is 5.32 Å². The molecule has 15 heavy (non-hydrogen) atoms. The van der Waals surface area contributed by atoms with E-state index in [-0.39, 0.29) is 0 Å². The van der Waals surface area contributed by atoms with Gasteiger partial charge in [-0.15, -0.1) is 0 Å². The highest BCUT2D eigenvalue weighted by atomic mass is 35.5. The summed E-state index contributed by atoms with van der Waals surface area (Å²) in [5.41, 5.74) is 1.07. The molecule has 0 amide bonds. The second-order valence-electron chi connectivity index (χ2n) is 3.26. The predicted molar refractivity (Wildman–Crippen MR) is 53.7 cm³/mol. The van der Waals surface area contributed by atoms with Gasteiger partial charge in [-0.3, -0.25) is 0 Å². The van der Waals surface area contributed by atoms with E-state index in [2.05, 4.69) is 5.32 Å². The normalized spacial score (nSPS) is 24.5. The summed E-state index contributed by atoms with van der Waals surface area (Å²) in [7, 11) is 0. The van der Waals surface area contributed by atoms with Crippen LogP contribution in [0.1, 0.15) is 5.56 Å². The van der Waals surface area contributed by atoms with Crippen molar-refractivity contribution in [2.75, 3.05) is 5.32 Å². The molecule has 0 bridgehead atoms. The zero-order chi connectivity index (χ0) is 11.1. The van der Waals surface area contributed by atoms with Crippen LogP contribution in [0, 0.1) is 0 Å². The molecule has 0 saturated heterocycles. The van der Waals surface area contributed by atoms with Crippen LogP contribution in [0.15, 0.2) is 30.3 Å². The zero-order valence-corrected chi connectivity index (χ0v) is 8.23. The van der Waals surface area contributed by atoms with Gasteiger partial charge in [0.1, 0.15) is 0 Å². The molecule has 80 valence electrons. The molecular formula is C10H7ClF3N. The number of hydrogen-bond donors (Lipinski definition) is 1. The smallest absolute Gasteiger partial charge is 0.356 e. The second-order valence-corrected chi connectivity index (χ2v) is 3.85. The third-order valence-corrected chi connectivity index (χ3v) is 2.62. The van der Waals surface area contributed by atoms with Gasteiger partial charge in [0.15, 0.2) is 0 Å². The number of halogens is 4. The van der Waals surface area contributed by atoms with Gasteiger partial charge >= 0.3 is 6.18 Å². The van der Waals surface area contributed by atoms with Crippen molar-refractivity contribution in [1.29, 1.82) is 0 Å². The fourth-order valence-corrected chi connectivity index (χ4v) is 1.53. The Labute approximate surface area is 89.5 Å². The van der Waals surface area contributed by atoms with E-state index in [0.29, 0.717) is 11.3 Å². The van der Waals surface area contributed by atoms with Gasteiger partial charge in [-0.1, -0.05) is 35.9 Å². The minimum absolute atomic E-state index is 0.382. The number of hydrogen-bond acceptors (Lipinski definition) is 1. The summed E-state index contributed by atoms with van der Waals surface area (Å²) >= 11 is 5.46. The Morgan fingerprint density at radius 3 is 2.53 bits per heavy atom. The minimum Gasteiger partial charge on any atom is -0.356 e. The van der Waals surface area contributed by atoms with Crippen LogP contribution < -0.4 is 5.32 Å². The Hall–Kier alpha value is -1.16. The average molecular weight is 234 g/mol. The monoisotopic (exact) mass is 233 g/mol. The van der Waals surface area contributed by atoms with Crippen molar-refractivity contribution in [2.45, 2.75) is 11.2 Å². The number of alkyl halides is 4. The Morgan fingerprint density at radius 2 is 1.87 bits per heavy atom. The van der Waals surface area contributed by atoms with Gasteiger partial charge in [-0.25, -0.2) is 0 Å². The van der Waals surface area contributed by atoms with Gasteiger partial charge in [-0.05, 0) is 17.7 Å².